The average Bonchev–Trinajstić information content (AvgIpc) is 3.17. The fourth-order valence-electron chi connectivity index (χ4n) is 2.95. The van der Waals surface area contributed by atoms with Gasteiger partial charge in [-0.3, -0.25) is 9.48 Å². The van der Waals surface area contributed by atoms with Crippen LogP contribution in [0.15, 0.2) is 11.3 Å². The van der Waals surface area contributed by atoms with E-state index in [1.807, 2.05) is 18.9 Å². The van der Waals surface area contributed by atoms with Gasteiger partial charge in [0, 0.05) is 39.1 Å². The van der Waals surface area contributed by atoms with Crippen LogP contribution in [-0.4, -0.2) is 57.2 Å². The van der Waals surface area contributed by atoms with E-state index in [0.29, 0.717) is 24.9 Å². The van der Waals surface area contributed by atoms with Crippen molar-refractivity contribution >= 4 is 35.8 Å². The quantitative estimate of drug-likeness (QED) is 0.345. The van der Waals surface area contributed by atoms with Crippen LogP contribution in [0.4, 0.5) is 0 Å². The van der Waals surface area contributed by atoms with Crippen LogP contribution in [0, 0.1) is 0 Å². The number of rotatable bonds is 8. The molecule has 1 saturated heterocycles. The van der Waals surface area contributed by atoms with Crippen molar-refractivity contribution in [1.29, 1.82) is 0 Å². The van der Waals surface area contributed by atoms with Gasteiger partial charge < -0.3 is 15.5 Å². The van der Waals surface area contributed by atoms with Crippen LogP contribution in [0.5, 0.6) is 0 Å². The van der Waals surface area contributed by atoms with Crippen molar-refractivity contribution < 1.29 is 4.79 Å². The van der Waals surface area contributed by atoms with Crippen molar-refractivity contribution in [3.8, 4) is 0 Å². The molecule has 1 aromatic heterocycles. The number of guanidine groups is 1. The molecule has 0 aliphatic carbocycles. The molecule has 0 bridgehead atoms. The normalized spacial score (nSPS) is 15.9. The molecule has 0 saturated carbocycles. The Morgan fingerprint density at radius 2 is 2.20 bits per heavy atom. The van der Waals surface area contributed by atoms with Gasteiger partial charge in [-0.15, -0.1) is 24.0 Å². The summed E-state index contributed by atoms with van der Waals surface area (Å²) in [4.78, 5) is 22.6. The number of carbonyl (C=O) groups excluding carboxylic acids is 1. The summed E-state index contributed by atoms with van der Waals surface area (Å²) in [6.07, 6.45) is 5.14. The molecule has 0 aromatic carbocycles. The van der Waals surface area contributed by atoms with E-state index >= 15 is 0 Å². The number of aromatic nitrogens is 3. The number of halogens is 1. The second kappa shape index (κ2) is 11.3. The number of carbonyl (C=O) groups is 1. The molecule has 1 aliphatic heterocycles. The second-order valence-corrected chi connectivity index (χ2v) is 5.96. The fourth-order valence-corrected chi connectivity index (χ4v) is 2.95. The first-order valence-electron chi connectivity index (χ1n) is 8.80. The molecular formula is C16H30IN7O. The SMILES string of the molecule is CCNC(=NCc1ncnn1C)NCCC(CC)N1CCCC1=O.I. The summed E-state index contributed by atoms with van der Waals surface area (Å²) in [7, 11) is 1.86. The Bertz CT molecular complexity index is 560. The van der Waals surface area contributed by atoms with Crippen LogP contribution in [0.25, 0.3) is 0 Å². The fraction of sp³-hybridized carbons (Fsp3) is 0.750. The molecule has 142 valence electrons. The van der Waals surface area contributed by atoms with Gasteiger partial charge >= 0.3 is 0 Å². The summed E-state index contributed by atoms with van der Waals surface area (Å²) in [6.45, 7) is 7.14. The molecule has 1 amide bonds. The lowest BCUT2D eigenvalue weighted by Gasteiger charge is -2.27. The number of amides is 1. The van der Waals surface area contributed by atoms with Crippen molar-refractivity contribution in [2.24, 2.45) is 12.0 Å². The highest BCUT2D eigenvalue weighted by atomic mass is 127. The lowest BCUT2D eigenvalue weighted by atomic mass is 10.1. The lowest BCUT2D eigenvalue weighted by molar-refractivity contribution is -0.129. The number of hydrogen-bond donors (Lipinski definition) is 2. The van der Waals surface area contributed by atoms with Gasteiger partial charge in [-0.25, -0.2) is 9.98 Å². The van der Waals surface area contributed by atoms with Crippen LogP contribution in [-0.2, 0) is 18.4 Å². The summed E-state index contributed by atoms with van der Waals surface area (Å²) in [5.74, 6) is 1.88. The number of nitrogens with one attached hydrogen (secondary N) is 2. The molecule has 1 aromatic rings. The van der Waals surface area contributed by atoms with E-state index < -0.39 is 0 Å². The van der Waals surface area contributed by atoms with Gasteiger partial charge in [-0.2, -0.15) is 5.10 Å². The standard InChI is InChI=1S/C16H29N7O.HI/c1-4-13(23-10-6-7-15(23)24)8-9-18-16(17-5-2)19-11-14-20-12-21-22(14)3;/h12-13H,4-11H2,1-3H3,(H2,17,18,19);1H. The lowest BCUT2D eigenvalue weighted by Crippen LogP contribution is -2.42. The maximum atomic E-state index is 11.9. The Hall–Kier alpha value is -1.39. The van der Waals surface area contributed by atoms with E-state index in [1.54, 1.807) is 4.68 Å². The van der Waals surface area contributed by atoms with Crippen molar-refractivity contribution in [1.82, 2.24) is 30.3 Å². The van der Waals surface area contributed by atoms with Crippen molar-refractivity contribution in [2.45, 2.75) is 52.1 Å². The van der Waals surface area contributed by atoms with Gasteiger partial charge in [0.15, 0.2) is 5.96 Å². The molecule has 1 unspecified atom stereocenters. The molecule has 2 heterocycles. The first-order valence-corrected chi connectivity index (χ1v) is 8.80. The largest absolute Gasteiger partial charge is 0.357 e. The molecule has 2 N–H and O–H groups in total. The Morgan fingerprint density at radius 1 is 1.40 bits per heavy atom. The third-order valence-electron chi connectivity index (χ3n) is 4.32. The van der Waals surface area contributed by atoms with Gasteiger partial charge in [0.05, 0.1) is 0 Å². The zero-order valence-electron chi connectivity index (χ0n) is 15.4. The minimum Gasteiger partial charge on any atom is -0.357 e. The number of aryl methyl sites for hydroxylation is 1. The third kappa shape index (κ3) is 6.44. The van der Waals surface area contributed by atoms with E-state index in [1.165, 1.54) is 6.33 Å². The zero-order chi connectivity index (χ0) is 17.4. The number of hydrogen-bond acceptors (Lipinski definition) is 4. The summed E-state index contributed by atoms with van der Waals surface area (Å²) < 4.78 is 1.72. The Kier molecular flexibility index (Phi) is 9.76. The molecule has 8 nitrogen and oxygen atoms in total. The van der Waals surface area contributed by atoms with Crippen molar-refractivity contribution in [3.05, 3.63) is 12.2 Å². The maximum Gasteiger partial charge on any atom is 0.222 e. The number of aliphatic imine (C=N–C) groups is 1. The summed E-state index contributed by atoms with van der Waals surface area (Å²) >= 11 is 0. The van der Waals surface area contributed by atoms with E-state index in [0.717, 1.165) is 50.7 Å². The molecule has 2 rings (SSSR count). The first-order chi connectivity index (χ1) is 11.7. The minimum absolute atomic E-state index is 0. The molecule has 1 fully saturated rings. The first kappa shape index (κ1) is 21.7. The van der Waals surface area contributed by atoms with Gasteiger partial charge in [0.2, 0.25) is 5.91 Å². The molecule has 0 spiro atoms. The second-order valence-electron chi connectivity index (χ2n) is 5.96. The molecule has 9 heteroatoms. The predicted octanol–water partition coefficient (Wildman–Crippen LogP) is 1.28. The summed E-state index contributed by atoms with van der Waals surface area (Å²) in [5.41, 5.74) is 0. The van der Waals surface area contributed by atoms with Gasteiger partial charge in [0.25, 0.3) is 0 Å². The van der Waals surface area contributed by atoms with E-state index in [2.05, 4.69) is 32.6 Å². The molecule has 1 atom stereocenters. The zero-order valence-corrected chi connectivity index (χ0v) is 17.7. The Morgan fingerprint density at radius 3 is 2.76 bits per heavy atom. The molecule has 25 heavy (non-hydrogen) atoms. The third-order valence-corrected chi connectivity index (χ3v) is 4.32. The Labute approximate surface area is 166 Å². The van der Waals surface area contributed by atoms with Crippen LogP contribution < -0.4 is 10.6 Å². The monoisotopic (exact) mass is 463 g/mol. The van der Waals surface area contributed by atoms with E-state index in [9.17, 15) is 4.79 Å². The molecule has 0 radical (unpaired) electrons. The smallest absolute Gasteiger partial charge is 0.222 e. The highest BCUT2D eigenvalue weighted by molar-refractivity contribution is 14.0. The van der Waals surface area contributed by atoms with E-state index in [-0.39, 0.29) is 24.0 Å². The van der Waals surface area contributed by atoms with Crippen LogP contribution in [0.2, 0.25) is 0 Å². The minimum atomic E-state index is 0. The highest BCUT2D eigenvalue weighted by Gasteiger charge is 2.26. The van der Waals surface area contributed by atoms with Crippen LogP contribution >= 0.6 is 24.0 Å². The van der Waals surface area contributed by atoms with Gasteiger partial charge in [-0.05, 0) is 26.2 Å². The average molecular weight is 463 g/mol. The summed E-state index contributed by atoms with van der Waals surface area (Å²) in [5, 5.41) is 10.6. The van der Waals surface area contributed by atoms with Crippen molar-refractivity contribution in [3.63, 3.8) is 0 Å². The number of likely N-dealkylation sites (tertiary alicyclic amines) is 1. The Balaban J connectivity index is 0.00000312. The van der Waals surface area contributed by atoms with Gasteiger partial charge in [0.1, 0.15) is 18.7 Å². The maximum absolute atomic E-state index is 11.9. The topological polar surface area (TPSA) is 87.4 Å². The van der Waals surface area contributed by atoms with Crippen molar-refractivity contribution in [2.75, 3.05) is 19.6 Å². The van der Waals surface area contributed by atoms with Crippen LogP contribution in [0.1, 0.15) is 45.4 Å². The number of nitrogens with zero attached hydrogens (tertiary/aromatic N) is 5. The predicted molar refractivity (Wildman–Crippen MR) is 109 cm³/mol. The van der Waals surface area contributed by atoms with E-state index in [4.69, 9.17) is 0 Å². The molecule has 1 aliphatic rings. The highest BCUT2D eigenvalue weighted by Crippen LogP contribution is 2.17. The summed E-state index contributed by atoms with van der Waals surface area (Å²) in [6, 6.07) is 0.314. The van der Waals surface area contributed by atoms with Crippen LogP contribution in [0.3, 0.4) is 0 Å². The molecular weight excluding hydrogens is 433 g/mol. The van der Waals surface area contributed by atoms with Gasteiger partial charge in [-0.1, -0.05) is 6.92 Å².